The summed E-state index contributed by atoms with van der Waals surface area (Å²) in [5, 5.41) is 11.4. The van der Waals surface area contributed by atoms with E-state index in [4.69, 9.17) is 28.4 Å². The predicted molar refractivity (Wildman–Crippen MR) is 132 cm³/mol. The van der Waals surface area contributed by atoms with Crippen molar-refractivity contribution in [2.45, 2.75) is 107 Å². The van der Waals surface area contributed by atoms with Gasteiger partial charge in [-0.05, 0) is 39.5 Å². The van der Waals surface area contributed by atoms with Gasteiger partial charge in [0.15, 0.2) is 17.5 Å². The number of rotatable bonds is 1. The zero-order valence-corrected chi connectivity index (χ0v) is 22.6. The largest absolute Gasteiger partial charge is 0.463 e. The fourth-order valence-corrected chi connectivity index (χ4v) is 8.58. The summed E-state index contributed by atoms with van der Waals surface area (Å²) >= 11 is 0. The molecular formula is C29H36O10. The Morgan fingerprint density at radius 2 is 1.90 bits per heavy atom. The fourth-order valence-electron chi connectivity index (χ4n) is 8.58. The van der Waals surface area contributed by atoms with E-state index in [1.54, 1.807) is 6.08 Å². The molecule has 2 aliphatic carbocycles. The van der Waals surface area contributed by atoms with Gasteiger partial charge in [0.1, 0.15) is 30.0 Å². The van der Waals surface area contributed by atoms with Crippen LogP contribution in [0.15, 0.2) is 23.8 Å². The lowest BCUT2D eigenvalue weighted by atomic mass is 9.51. The van der Waals surface area contributed by atoms with Gasteiger partial charge in [-0.2, -0.15) is 0 Å². The Morgan fingerprint density at radius 3 is 2.64 bits per heavy atom. The molecule has 7 aliphatic rings. The van der Waals surface area contributed by atoms with Gasteiger partial charge in [0.2, 0.25) is 0 Å². The molecule has 212 valence electrons. The number of allylic oxidation sites excluding steroid dienone is 2. The minimum absolute atomic E-state index is 0.0267. The van der Waals surface area contributed by atoms with Crippen molar-refractivity contribution < 1.29 is 47.9 Å². The number of esters is 2. The Morgan fingerprint density at radius 1 is 1.10 bits per heavy atom. The third kappa shape index (κ3) is 3.18. The second kappa shape index (κ2) is 8.22. The van der Waals surface area contributed by atoms with Gasteiger partial charge in [-0.15, -0.1) is 0 Å². The third-order valence-corrected chi connectivity index (χ3v) is 11.2. The molecule has 3 spiro atoms. The molecule has 0 amide bonds. The van der Waals surface area contributed by atoms with E-state index >= 15 is 0 Å². The third-order valence-electron chi connectivity index (χ3n) is 11.2. The van der Waals surface area contributed by atoms with Gasteiger partial charge in [0, 0.05) is 24.3 Å². The number of aliphatic hydroxyl groups is 1. The lowest BCUT2D eigenvalue weighted by Crippen LogP contribution is -2.67. The Bertz CT molecular complexity index is 1190. The van der Waals surface area contributed by atoms with E-state index in [0.717, 1.165) is 6.42 Å². The molecule has 1 saturated carbocycles. The number of epoxide rings is 2. The average Bonchev–Trinajstić information content (AvgIpc) is 3.81. The van der Waals surface area contributed by atoms with Crippen LogP contribution in [0.2, 0.25) is 0 Å². The molecular weight excluding hydrogens is 508 g/mol. The number of hydrogen-bond acceptors (Lipinski definition) is 10. The number of fused-ring (bicyclic) bond motifs is 1. The molecule has 39 heavy (non-hydrogen) atoms. The Hall–Kier alpha value is -2.11. The van der Waals surface area contributed by atoms with Crippen molar-refractivity contribution in [1.29, 1.82) is 0 Å². The summed E-state index contributed by atoms with van der Waals surface area (Å²) in [7, 11) is 0. The van der Waals surface area contributed by atoms with Crippen LogP contribution >= 0.6 is 0 Å². The molecule has 5 fully saturated rings. The van der Waals surface area contributed by atoms with Crippen LogP contribution in [0.3, 0.4) is 0 Å². The maximum absolute atomic E-state index is 13.5. The first kappa shape index (κ1) is 25.8. The number of hydrogen-bond donors (Lipinski definition) is 1. The predicted octanol–water partition coefficient (Wildman–Crippen LogP) is 1.71. The van der Waals surface area contributed by atoms with E-state index in [1.165, 1.54) is 18.6 Å². The Labute approximate surface area is 226 Å². The summed E-state index contributed by atoms with van der Waals surface area (Å²) in [6.45, 7) is 6.20. The van der Waals surface area contributed by atoms with E-state index < -0.39 is 57.9 Å². The van der Waals surface area contributed by atoms with Crippen LogP contribution in [0.5, 0.6) is 0 Å². The number of Topliss-reactive ketones (excluding diaryl/α,β-unsaturated/α-hetero) is 1. The zero-order valence-electron chi connectivity index (χ0n) is 22.6. The van der Waals surface area contributed by atoms with Crippen LogP contribution in [0.25, 0.3) is 0 Å². The number of ketones is 1. The summed E-state index contributed by atoms with van der Waals surface area (Å²) in [6, 6.07) is 0. The van der Waals surface area contributed by atoms with Gasteiger partial charge in [-0.3, -0.25) is 4.79 Å². The van der Waals surface area contributed by atoms with Crippen LogP contribution in [-0.4, -0.2) is 90.0 Å². The first-order valence-corrected chi connectivity index (χ1v) is 14.1. The maximum Gasteiger partial charge on any atom is 0.338 e. The summed E-state index contributed by atoms with van der Waals surface area (Å²) in [6.07, 6.45) is 4.34. The van der Waals surface area contributed by atoms with Crippen LogP contribution < -0.4 is 0 Å². The van der Waals surface area contributed by atoms with E-state index in [1.807, 2.05) is 0 Å². The van der Waals surface area contributed by atoms with Crippen molar-refractivity contribution in [3.05, 3.63) is 23.8 Å². The van der Waals surface area contributed by atoms with Gasteiger partial charge in [-0.1, -0.05) is 24.6 Å². The average molecular weight is 545 g/mol. The molecule has 0 aromatic rings. The lowest BCUT2D eigenvalue weighted by Gasteiger charge is -2.58. The van der Waals surface area contributed by atoms with E-state index in [-0.39, 0.29) is 50.5 Å². The van der Waals surface area contributed by atoms with Crippen molar-refractivity contribution in [1.82, 2.24) is 0 Å². The van der Waals surface area contributed by atoms with Gasteiger partial charge in [0.25, 0.3) is 0 Å². The smallest absolute Gasteiger partial charge is 0.338 e. The molecule has 10 heteroatoms. The van der Waals surface area contributed by atoms with Crippen molar-refractivity contribution in [2.24, 2.45) is 10.8 Å². The highest BCUT2D eigenvalue weighted by Crippen LogP contribution is 2.72. The molecule has 10 atom stereocenters. The normalized spacial score (nSPS) is 53.0. The zero-order chi connectivity index (χ0) is 27.4. The monoisotopic (exact) mass is 544 g/mol. The molecule has 4 saturated heterocycles. The molecule has 10 nitrogen and oxygen atoms in total. The van der Waals surface area contributed by atoms with Crippen molar-refractivity contribution in [3.8, 4) is 0 Å². The molecule has 1 N–H and O–H groups in total. The highest BCUT2D eigenvalue weighted by atomic mass is 16.7. The molecule has 0 aromatic heterocycles. The minimum atomic E-state index is -1.54. The molecule has 4 unspecified atom stereocenters. The number of carbonyl (C=O) groups is 3. The first-order chi connectivity index (χ1) is 18.5. The fraction of sp³-hybridized carbons (Fsp3) is 0.759. The highest BCUT2D eigenvalue weighted by molar-refractivity contribution is 5.88. The Kier molecular flexibility index (Phi) is 5.45. The van der Waals surface area contributed by atoms with Gasteiger partial charge in [-0.25, -0.2) is 9.59 Å². The molecule has 5 aliphatic heterocycles. The second-order valence-electron chi connectivity index (χ2n) is 12.7. The van der Waals surface area contributed by atoms with E-state index in [9.17, 15) is 19.5 Å². The van der Waals surface area contributed by atoms with Gasteiger partial charge < -0.3 is 33.5 Å². The van der Waals surface area contributed by atoms with E-state index in [0.29, 0.717) is 19.4 Å². The minimum Gasteiger partial charge on any atom is -0.463 e. The molecule has 7 rings (SSSR count). The maximum atomic E-state index is 13.5. The molecule has 4 bridgehead atoms. The summed E-state index contributed by atoms with van der Waals surface area (Å²) in [5.41, 5.74) is -3.54. The number of aliphatic hydroxyl groups excluding tert-OH is 1. The number of carbonyl (C=O) groups excluding carboxylic acids is 3. The topological polar surface area (TPSA) is 133 Å². The van der Waals surface area contributed by atoms with Crippen LogP contribution in [0, 0.1) is 10.8 Å². The van der Waals surface area contributed by atoms with Crippen LogP contribution in [0.4, 0.5) is 0 Å². The SMILES string of the molecule is CC(=O)C12CC/C=C\C(=O)O[C@@H]3C[C@H]4O[C@@H]5C=C(C)CC[C@]5(COC(=O)C5OC5(CCO1)[C@H]2O)[C@]3(C)C41CO1. The quantitative estimate of drug-likeness (QED) is 0.295. The van der Waals surface area contributed by atoms with Gasteiger partial charge in [0.05, 0.1) is 30.8 Å². The van der Waals surface area contributed by atoms with E-state index in [2.05, 4.69) is 19.9 Å². The first-order valence-electron chi connectivity index (χ1n) is 14.1. The summed E-state index contributed by atoms with van der Waals surface area (Å²) in [4.78, 5) is 39.4. The summed E-state index contributed by atoms with van der Waals surface area (Å²) in [5.74, 6) is -1.43. The Balaban J connectivity index is 1.29. The van der Waals surface area contributed by atoms with Crippen LogP contribution in [0.1, 0.15) is 59.3 Å². The van der Waals surface area contributed by atoms with Crippen LogP contribution in [-0.2, 0) is 42.8 Å². The second-order valence-corrected chi connectivity index (χ2v) is 12.7. The summed E-state index contributed by atoms with van der Waals surface area (Å²) < 4.78 is 36.7. The lowest BCUT2D eigenvalue weighted by molar-refractivity contribution is -0.233. The van der Waals surface area contributed by atoms with Crippen molar-refractivity contribution >= 4 is 17.7 Å². The standard InChI is InChI=1S/C29H36O10/c1-16-7-9-26-14-34-23(32)22-28(39-22)10-11-35-27(17(2)30,24(28)33)8-5-4-6-21(31)38-18-13-20(37-19(26)12-16)29(15-36-29)25(18,26)3/h4,6,12,18-20,22,24,33H,5,7-11,13-15H2,1-3H3/b6-4-/t18-,19-,20-,22?,24+,25-,26-,27?,28?,29?/m1/s1. The highest BCUT2D eigenvalue weighted by Gasteiger charge is 2.83. The van der Waals surface area contributed by atoms with Gasteiger partial charge >= 0.3 is 11.9 Å². The molecule has 0 radical (unpaired) electrons. The van der Waals surface area contributed by atoms with Crippen molar-refractivity contribution in [3.63, 3.8) is 0 Å². The number of cyclic esters (lactones) is 1. The molecule has 0 aromatic carbocycles. The molecule has 5 heterocycles. The van der Waals surface area contributed by atoms with Crippen molar-refractivity contribution in [2.75, 3.05) is 19.8 Å². The number of ether oxygens (including phenoxy) is 6.